The molecule has 0 saturated carbocycles. The Morgan fingerprint density at radius 3 is 1.37 bits per heavy atom. The molecule has 3 heterocycles. The third-order valence-corrected chi connectivity index (χ3v) is 14.1. The third-order valence-electron chi connectivity index (χ3n) is 10.9. The second kappa shape index (κ2) is 15.9. The van der Waals surface area contributed by atoms with Crippen LogP contribution in [0.15, 0.2) is 181 Å². The highest BCUT2D eigenvalue weighted by Gasteiger charge is 2.26. The molecule has 0 aliphatic rings. The molecule has 3 heteroatoms. The van der Waals surface area contributed by atoms with E-state index in [2.05, 4.69) is 222 Å². The smallest absolute Gasteiger partial charge is 0.0345 e. The monoisotopic (exact) mass is 756 g/mol. The fourth-order valence-electron chi connectivity index (χ4n) is 7.03. The quantitative estimate of drug-likeness (QED) is 0.158. The Balaban J connectivity index is 0.000000125. The number of hydrogen-bond donors (Lipinski definition) is 0. The second-order valence-electron chi connectivity index (χ2n) is 15.5. The van der Waals surface area contributed by atoms with E-state index >= 15 is 0 Å². The van der Waals surface area contributed by atoms with E-state index in [-0.39, 0.29) is 16.2 Å². The van der Waals surface area contributed by atoms with Gasteiger partial charge in [0.2, 0.25) is 0 Å². The maximum Gasteiger partial charge on any atom is 0.0345 e. The zero-order chi connectivity index (χ0) is 37.8. The molecule has 0 aliphatic heterocycles. The maximum absolute atomic E-state index is 2.33. The topological polar surface area (TPSA) is 0 Å². The van der Waals surface area contributed by atoms with E-state index < -0.39 is 0 Å². The number of thiophene rings is 3. The van der Waals surface area contributed by atoms with Crippen LogP contribution in [0.3, 0.4) is 0 Å². The van der Waals surface area contributed by atoms with Gasteiger partial charge in [-0.3, -0.25) is 0 Å². The maximum atomic E-state index is 2.33. The van der Waals surface area contributed by atoms with Gasteiger partial charge in [0.15, 0.2) is 0 Å². The summed E-state index contributed by atoms with van der Waals surface area (Å²) in [4.78, 5) is 1.43. The summed E-state index contributed by atoms with van der Waals surface area (Å²) in [5, 5.41) is 8.35. The largest absolute Gasteiger partial charge is 0.144 e. The molecule has 0 unspecified atom stereocenters. The Hall–Kier alpha value is -4.80. The average Bonchev–Trinajstić information content (AvgIpc) is 3.99. The molecule has 0 fully saturated rings. The van der Waals surface area contributed by atoms with Gasteiger partial charge < -0.3 is 0 Å². The normalized spacial score (nSPS) is 11.9. The van der Waals surface area contributed by atoms with E-state index in [0.29, 0.717) is 0 Å². The number of hydrogen-bond acceptors (Lipinski definition) is 3. The SMILES string of the molecule is CC(C)(c1ccccc1)c1cc2ccccc2s1.CC(C)(c1ccccc1)c1ccc2ccsc2c1.CC(C)(c1ccccc1)c1ccc2sccc2c1. The van der Waals surface area contributed by atoms with Crippen LogP contribution in [0.25, 0.3) is 30.3 Å². The van der Waals surface area contributed by atoms with E-state index in [1.165, 1.54) is 63.0 Å². The molecule has 0 N–H and O–H groups in total. The first-order valence-electron chi connectivity index (χ1n) is 18.6. The molecule has 9 aromatic rings. The predicted octanol–water partition coefficient (Wildman–Crippen LogP) is 15.7. The molecule has 6 aromatic carbocycles. The Labute approximate surface area is 333 Å². The molecule has 0 atom stereocenters. The lowest BCUT2D eigenvalue weighted by molar-refractivity contribution is 0.642. The molecule has 9 rings (SSSR count). The minimum absolute atomic E-state index is 0.0530. The Morgan fingerprint density at radius 1 is 0.315 bits per heavy atom. The summed E-state index contributed by atoms with van der Waals surface area (Å²) in [6.45, 7) is 13.8. The first-order chi connectivity index (χ1) is 26.0. The summed E-state index contributed by atoms with van der Waals surface area (Å²) in [6.07, 6.45) is 0. The summed E-state index contributed by atoms with van der Waals surface area (Å²) in [5.74, 6) is 0. The van der Waals surface area contributed by atoms with E-state index in [0.717, 1.165) is 0 Å². The van der Waals surface area contributed by atoms with Gasteiger partial charge in [0.05, 0.1) is 0 Å². The first kappa shape index (κ1) is 37.5. The predicted molar refractivity (Wildman–Crippen MR) is 241 cm³/mol. The number of benzene rings is 6. The highest BCUT2D eigenvalue weighted by Crippen LogP contribution is 2.39. The Bertz CT molecular complexity index is 2340. The van der Waals surface area contributed by atoms with Crippen LogP contribution in [-0.4, -0.2) is 0 Å². The standard InChI is InChI=1S/3C17H16S/c1-17(2,14-9-4-3-5-10-14)16-12-13-8-6-7-11-15(13)18-16;1-17(2,14-6-4-3-5-7-14)15-8-9-16-13(12-15)10-11-18-16;1-17(2,14-6-4-3-5-7-14)15-9-8-13-10-11-18-16(13)12-15/h3*3-12H,1-2H3. The third kappa shape index (κ3) is 8.00. The van der Waals surface area contributed by atoms with Crippen molar-refractivity contribution in [3.05, 3.63) is 213 Å². The fourth-order valence-corrected chi connectivity index (χ4v) is 9.82. The zero-order valence-corrected chi connectivity index (χ0v) is 34.5. The van der Waals surface area contributed by atoms with Crippen LogP contribution in [0.5, 0.6) is 0 Å². The lowest BCUT2D eigenvalue weighted by atomic mass is 9.78. The van der Waals surface area contributed by atoms with Crippen LogP contribution in [0.2, 0.25) is 0 Å². The van der Waals surface area contributed by atoms with Crippen molar-refractivity contribution in [2.45, 2.75) is 57.8 Å². The van der Waals surface area contributed by atoms with E-state index in [4.69, 9.17) is 0 Å². The van der Waals surface area contributed by atoms with Gasteiger partial charge in [-0.05, 0) is 97.2 Å². The van der Waals surface area contributed by atoms with Gasteiger partial charge in [0, 0.05) is 35.2 Å². The van der Waals surface area contributed by atoms with Gasteiger partial charge in [0.1, 0.15) is 0 Å². The van der Waals surface area contributed by atoms with Crippen LogP contribution in [0.4, 0.5) is 0 Å². The van der Waals surface area contributed by atoms with Crippen molar-refractivity contribution in [2.24, 2.45) is 0 Å². The first-order valence-corrected chi connectivity index (χ1v) is 21.2. The van der Waals surface area contributed by atoms with E-state index in [1.54, 1.807) is 11.3 Å². The molecule has 3 aromatic heterocycles. The van der Waals surface area contributed by atoms with Crippen LogP contribution < -0.4 is 0 Å². The van der Waals surface area contributed by atoms with E-state index in [9.17, 15) is 0 Å². The van der Waals surface area contributed by atoms with Crippen LogP contribution >= 0.6 is 34.0 Å². The molecular weight excluding hydrogens is 709 g/mol. The van der Waals surface area contributed by atoms with Crippen molar-refractivity contribution >= 4 is 64.3 Å². The van der Waals surface area contributed by atoms with Crippen molar-refractivity contribution in [1.29, 1.82) is 0 Å². The molecule has 0 spiro atoms. The van der Waals surface area contributed by atoms with Crippen LogP contribution in [0, 0.1) is 0 Å². The Kier molecular flexibility index (Phi) is 11.0. The molecule has 0 aliphatic carbocycles. The second-order valence-corrected chi connectivity index (χ2v) is 18.4. The molecule has 0 saturated heterocycles. The lowest BCUT2D eigenvalue weighted by Gasteiger charge is -2.26. The van der Waals surface area contributed by atoms with Crippen molar-refractivity contribution in [2.75, 3.05) is 0 Å². The van der Waals surface area contributed by atoms with Gasteiger partial charge >= 0.3 is 0 Å². The van der Waals surface area contributed by atoms with Gasteiger partial charge in [-0.1, -0.05) is 169 Å². The van der Waals surface area contributed by atoms with E-state index in [1.807, 2.05) is 22.7 Å². The molecule has 0 amide bonds. The lowest BCUT2D eigenvalue weighted by Crippen LogP contribution is -2.18. The number of fused-ring (bicyclic) bond motifs is 3. The van der Waals surface area contributed by atoms with Crippen LogP contribution in [-0.2, 0) is 16.2 Å². The molecule has 54 heavy (non-hydrogen) atoms. The molecule has 270 valence electrons. The van der Waals surface area contributed by atoms with Crippen molar-refractivity contribution in [3.63, 3.8) is 0 Å². The van der Waals surface area contributed by atoms with Crippen molar-refractivity contribution < 1.29 is 0 Å². The fraction of sp³-hybridized carbons (Fsp3) is 0.176. The highest BCUT2D eigenvalue weighted by molar-refractivity contribution is 7.19. The summed E-state index contributed by atoms with van der Waals surface area (Å²) >= 11 is 5.51. The number of rotatable bonds is 6. The van der Waals surface area contributed by atoms with Crippen molar-refractivity contribution in [1.82, 2.24) is 0 Å². The molecular formula is C51H48S3. The summed E-state index contributed by atoms with van der Waals surface area (Å²) < 4.78 is 4.11. The summed E-state index contributed by atoms with van der Waals surface area (Å²) in [6, 6.07) is 61.1. The molecule has 0 radical (unpaired) electrons. The summed E-state index contributed by atoms with van der Waals surface area (Å²) in [5.41, 5.74) is 7.03. The van der Waals surface area contributed by atoms with Gasteiger partial charge in [0.25, 0.3) is 0 Å². The minimum Gasteiger partial charge on any atom is -0.144 e. The van der Waals surface area contributed by atoms with Crippen LogP contribution in [0.1, 0.15) is 74.2 Å². The van der Waals surface area contributed by atoms with Gasteiger partial charge in [-0.15, -0.1) is 34.0 Å². The van der Waals surface area contributed by atoms with Gasteiger partial charge in [-0.2, -0.15) is 0 Å². The molecule has 0 bridgehead atoms. The Morgan fingerprint density at radius 2 is 0.778 bits per heavy atom. The van der Waals surface area contributed by atoms with Gasteiger partial charge in [-0.25, -0.2) is 0 Å². The average molecular weight is 757 g/mol. The van der Waals surface area contributed by atoms with Crippen molar-refractivity contribution in [3.8, 4) is 0 Å². The zero-order valence-electron chi connectivity index (χ0n) is 32.0. The summed E-state index contributed by atoms with van der Waals surface area (Å²) in [7, 11) is 0. The highest BCUT2D eigenvalue weighted by atomic mass is 32.1. The molecule has 0 nitrogen and oxygen atoms in total. The minimum atomic E-state index is 0.0530.